The number of methoxy groups -OCH3 is 1. The van der Waals surface area contributed by atoms with Crippen molar-refractivity contribution in [1.82, 2.24) is 0 Å². The fourth-order valence-corrected chi connectivity index (χ4v) is 1.07. The maximum absolute atomic E-state index is 4.96. The molecule has 0 spiro atoms. The van der Waals surface area contributed by atoms with Gasteiger partial charge in [0.15, 0.2) is 0 Å². The lowest BCUT2D eigenvalue weighted by Crippen LogP contribution is -1.92. The maximum Gasteiger partial charge on any atom is 0.0537 e. The quantitative estimate of drug-likeness (QED) is 0.665. The number of ether oxygens (including phenoxy) is 1. The third kappa shape index (κ3) is 2.35. The maximum atomic E-state index is 4.96. The molecule has 0 aliphatic rings. The summed E-state index contributed by atoms with van der Waals surface area (Å²) < 4.78 is 4.96. The van der Waals surface area contributed by atoms with Crippen LogP contribution in [-0.4, -0.2) is 13.7 Å². The Morgan fingerprint density at radius 3 is 2.58 bits per heavy atom. The third-order valence-corrected chi connectivity index (χ3v) is 2.02. The summed E-state index contributed by atoms with van der Waals surface area (Å²) in [6.07, 6.45) is 2.08. The Morgan fingerprint density at radius 1 is 1.25 bits per heavy atom. The average Bonchev–Trinajstić information content (AvgIpc) is 2.07. The van der Waals surface area contributed by atoms with Crippen molar-refractivity contribution >= 4 is 0 Å². The highest BCUT2D eigenvalue weighted by atomic mass is 16.5. The summed E-state index contributed by atoms with van der Waals surface area (Å²) >= 11 is 0. The molecule has 0 amide bonds. The molecule has 0 aliphatic carbocycles. The molecule has 0 aliphatic heterocycles. The third-order valence-electron chi connectivity index (χ3n) is 2.02. The summed E-state index contributed by atoms with van der Waals surface area (Å²) in [6, 6.07) is 6.42. The Bertz CT molecular complexity index is 253. The molecule has 0 atom stereocenters. The highest BCUT2D eigenvalue weighted by molar-refractivity contribution is 5.33. The lowest BCUT2D eigenvalue weighted by Gasteiger charge is -2.03. The summed E-state index contributed by atoms with van der Waals surface area (Å²) in [6.45, 7) is 4.93. The van der Waals surface area contributed by atoms with E-state index in [0.29, 0.717) is 6.61 Å². The van der Waals surface area contributed by atoms with Gasteiger partial charge in [0.05, 0.1) is 6.61 Å². The van der Waals surface area contributed by atoms with E-state index in [2.05, 4.69) is 38.5 Å². The van der Waals surface area contributed by atoms with Crippen molar-refractivity contribution in [2.24, 2.45) is 0 Å². The van der Waals surface area contributed by atoms with E-state index >= 15 is 0 Å². The molecule has 1 heteroatoms. The Labute approximate surface area is 74.4 Å². The minimum absolute atomic E-state index is 0.683. The van der Waals surface area contributed by atoms with Gasteiger partial charge in [-0.15, -0.1) is 0 Å². The minimum Gasteiger partial charge on any atom is -0.384 e. The first-order valence-electron chi connectivity index (χ1n) is 4.13. The summed E-state index contributed by atoms with van der Waals surface area (Å²) in [5.74, 6) is 0. The SMILES string of the molecule is COC[CH]c1ccc(C)c(C)c1. The zero-order valence-electron chi connectivity index (χ0n) is 7.92. The van der Waals surface area contributed by atoms with Crippen molar-refractivity contribution in [3.63, 3.8) is 0 Å². The van der Waals surface area contributed by atoms with Gasteiger partial charge >= 0.3 is 0 Å². The van der Waals surface area contributed by atoms with Crippen LogP contribution in [0.5, 0.6) is 0 Å². The molecule has 0 bridgehead atoms. The van der Waals surface area contributed by atoms with Gasteiger partial charge < -0.3 is 4.74 Å². The largest absolute Gasteiger partial charge is 0.384 e. The van der Waals surface area contributed by atoms with Gasteiger partial charge in [0.25, 0.3) is 0 Å². The molecule has 0 saturated heterocycles. The first-order chi connectivity index (χ1) is 5.74. The van der Waals surface area contributed by atoms with Crippen LogP contribution in [0.1, 0.15) is 16.7 Å². The molecule has 0 aromatic heterocycles. The Hall–Kier alpha value is -0.820. The lowest BCUT2D eigenvalue weighted by molar-refractivity contribution is 0.225. The van der Waals surface area contributed by atoms with Gasteiger partial charge in [-0.05, 0) is 30.5 Å². The Morgan fingerprint density at radius 2 is 2.00 bits per heavy atom. The molecule has 12 heavy (non-hydrogen) atoms. The van der Waals surface area contributed by atoms with Gasteiger partial charge in [-0.3, -0.25) is 0 Å². The smallest absolute Gasteiger partial charge is 0.0537 e. The van der Waals surface area contributed by atoms with E-state index in [1.54, 1.807) is 7.11 Å². The lowest BCUT2D eigenvalue weighted by atomic mass is 10.0. The van der Waals surface area contributed by atoms with Crippen LogP contribution >= 0.6 is 0 Å². The van der Waals surface area contributed by atoms with E-state index < -0.39 is 0 Å². The first kappa shape index (κ1) is 9.27. The molecule has 0 fully saturated rings. The van der Waals surface area contributed by atoms with E-state index in [1.807, 2.05) is 0 Å². The van der Waals surface area contributed by atoms with Gasteiger partial charge in [0, 0.05) is 13.5 Å². The average molecular weight is 163 g/mol. The normalized spacial score (nSPS) is 10.2. The summed E-state index contributed by atoms with van der Waals surface area (Å²) in [7, 11) is 1.71. The summed E-state index contributed by atoms with van der Waals surface area (Å²) in [5, 5.41) is 0. The van der Waals surface area contributed by atoms with E-state index in [4.69, 9.17) is 4.74 Å². The zero-order chi connectivity index (χ0) is 8.97. The monoisotopic (exact) mass is 163 g/mol. The predicted molar refractivity (Wildman–Crippen MR) is 51.2 cm³/mol. The molecule has 1 aromatic rings. The van der Waals surface area contributed by atoms with Gasteiger partial charge in [-0.25, -0.2) is 0 Å². The first-order valence-corrected chi connectivity index (χ1v) is 4.13. The van der Waals surface area contributed by atoms with Crippen molar-refractivity contribution < 1.29 is 4.74 Å². The van der Waals surface area contributed by atoms with Crippen LogP contribution in [0.15, 0.2) is 18.2 Å². The molecule has 1 rings (SSSR count). The fourth-order valence-electron chi connectivity index (χ4n) is 1.07. The Kier molecular flexibility index (Phi) is 3.30. The van der Waals surface area contributed by atoms with E-state index in [-0.39, 0.29) is 0 Å². The van der Waals surface area contributed by atoms with E-state index in [1.165, 1.54) is 16.7 Å². The van der Waals surface area contributed by atoms with Crippen LogP contribution in [0.25, 0.3) is 0 Å². The van der Waals surface area contributed by atoms with Gasteiger partial charge in [0.2, 0.25) is 0 Å². The van der Waals surface area contributed by atoms with Gasteiger partial charge in [-0.2, -0.15) is 0 Å². The molecule has 1 nitrogen and oxygen atoms in total. The molecular formula is C11H15O. The number of rotatable bonds is 3. The molecule has 0 heterocycles. The van der Waals surface area contributed by atoms with Gasteiger partial charge in [0.1, 0.15) is 0 Å². The van der Waals surface area contributed by atoms with Crippen LogP contribution in [0, 0.1) is 20.3 Å². The van der Waals surface area contributed by atoms with Crippen molar-refractivity contribution in [2.45, 2.75) is 13.8 Å². The molecule has 0 saturated carbocycles. The second-order valence-corrected chi connectivity index (χ2v) is 3.00. The molecule has 1 radical (unpaired) electrons. The number of hydrogen-bond acceptors (Lipinski definition) is 1. The van der Waals surface area contributed by atoms with Crippen molar-refractivity contribution in [2.75, 3.05) is 13.7 Å². The topological polar surface area (TPSA) is 9.23 Å². The van der Waals surface area contributed by atoms with Crippen LogP contribution < -0.4 is 0 Å². The van der Waals surface area contributed by atoms with E-state index in [9.17, 15) is 0 Å². The second-order valence-electron chi connectivity index (χ2n) is 3.00. The minimum atomic E-state index is 0.683. The van der Waals surface area contributed by atoms with Crippen LogP contribution in [-0.2, 0) is 4.74 Å². The standard InChI is InChI=1S/C11H15O/c1-9-4-5-11(6-7-12-3)8-10(9)2/h4-6,8H,7H2,1-3H3. The summed E-state index contributed by atoms with van der Waals surface area (Å²) in [5.41, 5.74) is 3.91. The van der Waals surface area contributed by atoms with Gasteiger partial charge in [-0.1, -0.05) is 18.2 Å². The van der Waals surface area contributed by atoms with Crippen LogP contribution in [0.2, 0.25) is 0 Å². The van der Waals surface area contributed by atoms with Crippen molar-refractivity contribution in [3.05, 3.63) is 41.3 Å². The molecular weight excluding hydrogens is 148 g/mol. The van der Waals surface area contributed by atoms with E-state index in [0.717, 1.165) is 0 Å². The predicted octanol–water partition coefficient (Wildman–Crippen LogP) is 2.50. The molecule has 65 valence electrons. The second kappa shape index (κ2) is 4.27. The van der Waals surface area contributed by atoms with Crippen molar-refractivity contribution in [1.29, 1.82) is 0 Å². The van der Waals surface area contributed by atoms with Crippen molar-refractivity contribution in [3.8, 4) is 0 Å². The summed E-state index contributed by atoms with van der Waals surface area (Å²) in [4.78, 5) is 0. The molecule has 1 aromatic carbocycles. The number of aryl methyl sites for hydroxylation is 2. The molecule has 0 unspecified atom stereocenters. The van der Waals surface area contributed by atoms with Crippen LogP contribution in [0.4, 0.5) is 0 Å². The van der Waals surface area contributed by atoms with Crippen LogP contribution in [0.3, 0.4) is 0 Å². The number of hydrogen-bond donors (Lipinski definition) is 0. The zero-order valence-corrected chi connectivity index (χ0v) is 7.92. The fraction of sp³-hybridized carbons (Fsp3) is 0.364. The highest BCUT2D eigenvalue weighted by Crippen LogP contribution is 2.10. The molecule has 0 N–H and O–H groups in total. The number of benzene rings is 1. The highest BCUT2D eigenvalue weighted by Gasteiger charge is 1.95. The Balaban J connectivity index is 2.69.